The number of phenolic OH excluding ortho intramolecular Hbond substituents is 1. The van der Waals surface area contributed by atoms with Crippen LogP contribution in [-0.4, -0.2) is 38.8 Å². The standard InChI is InChI=1S/C15H17N3O2/c19-14-6-1-4-12(10-14)15(20)17-8-2-5-13(11-17)18-9-3-7-16-18/h1,3-4,6-7,9-10,13,19H,2,5,8,11H2. The van der Waals surface area contributed by atoms with Crippen molar-refractivity contribution in [2.24, 2.45) is 0 Å². The van der Waals surface area contributed by atoms with E-state index in [-0.39, 0.29) is 17.7 Å². The summed E-state index contributed by atoms with van der Waals surface area (Å²) in [6.45, 7) is 1.42. The van der Waals surface area contributed by atoms with Gasteiger partial charge in [-0.05, 0) is 37.1 Å². The second-order valence-electron chi connectivity index (χ2n) is 5.08. The molecule has 20 heavy (non-hydrogen) atoms. The van der Waals surface area contributed by atoms with E-state index >= 15 is 0 Å². The van der Waals surface area contributed by atoms with Crippen molar-refractivity contribution in [3.05, 3.63) is 48.3 Å². The number of carbonyl (C=O) groups is 1. The molecule has 104 valence electrons. The van der Waals surface area contributed by atoms with E-state index in [9.17, 15) is 9.90 Å². The molecule has 2 aromatic rings. The van der Waals surface area contributed by atoms with Crippen LogP contribution in [0.2, 0.25) is 0 Å². The van der Waals surface area contributed by atoms with Crippen LogP contribution < -0.4 is 0 Å². The van der Waals surface area contributed by atoms with E-state index in [1.807, 2.05) is 21.8 Å². The number of phenols is 1. The maximum atomic E-state index is 12.5. The number of amides is 1. The van der Waals surface area contributed by atoms with Gasteiger partial charge in [-0.1, -0.05) is 6.07 Å². The number of aromatic nitrogens is 2. The molecule has 1 aromatic carbocycles. The Kier molecular flexibility index (Phi) is 3.41. The Labute approximate surface area is 117 Å². The highest BCUT2D eigenvalue weighted by Gasteiger charge is 2.25. The van der Waals surface area contributed by atoms with E-state index in [4.69, 9.17) is 0 Å². The zero-order valence-electron chi connectivity index (χ0n) is 11.1. The second-order valence-corrected chi connectivity index (χ2v) is 5.08. The maximum absolute atomic E-state index is 12.5. The van der Waals surface area contributed by atoms with Crippen LogP contribution in [0.25, 0.3) is 0 Å². The average Bonchev–Trinajstić information content (AvgIpc) is 3.01. The molecular weight excluding hydrogens is 254 g/mol. The molecule has 5 heteroatoms. The number of rotatable bonds is 2. The van der Waals surface area contributed by atoms with Gasteiger partial charge < -0.3 is 10.0 Å². The van der Waals surface area contributed by atoms with Crippen molar-refractivity contribution in [3.63, 3.8) is 0 Å². The fourth-order valence-corrected chi connectivity index (χ4v) is 2.67. The smallest absolute Gasteiger partial charge is 0.254 e. The normalized spacial score (nSPS) is 19.0. The Balaban J connectivity index is 1.75. The molecule has 1 amide bonds. The van der Waals surface area contributed by atoms with E-state index in [0.29, 0.717) is 12.1 Å². The van der Waals surface area contributed by atoms with Crippen molar-refractivity contribution in [3.8, 4) is 5.75 Å². The van der Waals surface area contributed by atoms with E-state index in [1.165, 1.54) is 6.07 Å². The first-order chi connectivity index (χ1) is 9.74. The first-order valence-electron chi connectivity index (χ1n) is 6.81. The number of likely N-dealkylation sites (tertiary alicyclic amines) is 1. The van der Waals surface area contributed by atoms with Gasteiger partial charge in [0.15, 0.2) is 0 Å². The molecule has 0 saturated carbocycles. The van der Waals surface area contributed by atoms with Crippen molar-refractivity contribution in [1.82, 2.24) is 14.7 Å². The molecule has 1 fully saturated rings. The van der Waals surface area contributed by atoms with Crippen molar-refractivity contribution < 1.29 is 9.90 Å². The van der Waals surface area contributed by atoms with Gasteiger partial charge in [0.2, 0.25) is 0 Å². The van der Waals surface area contributed by atoms with Gasteiger partial charge in [0.05, 0.1) is 6.04 Å². The molecule has 0 aliphatic carbocycles. The highest BCUT2D eigenvalue weighted by Crippen LogP contribution is 2.23. The Bertz CT molecular complexity index is 595. The summed E-state index contributed by atoms with van der Waals surface area (Å²) >= 11 is 0. The molecular formula is C15H17N3O2. The number of nitrogens with zero attached hydrogens (tertiary/aromatic N) is 3. The molecule has 1 atom stereocenters. The molecule has 1 N–H and O–H groups in total. The molecule has 1 aromatic heterocycles. The van der Waals surface area contributed by atoms with Crippen LogP contribution in [0.5, 0.6) is 5.75 Å². The van der Waals surface area contributed by atoms with Crippen LogP contribution >= 0.6 is 0 Å². The molecule has 1 saturated heterocycles. The fourth-order valence-electron chi connectivity index (χ4n) is 2.67. The zero-order valence-corrected chi connectivity index (χ0v) is 11.1. The van der Waals surface area contributed by atoms with Crippen LogP contribution in [0.15, 0.2) is 42.7 Å². The summed E-state index contributed by atoms with van der Waals surface area (Å²) in [7, 11) is 0. The van der Waals surface area contributed by atoms with Gasteiger partial charge in [0.25, 0.3) is 5.91 Å². The quantitative estimate of drug-likeness (QED) is 0.909. The van der Waals surface area contributed by atoms with Gasteiger partial charge in [-0.15, -0.1) is 0 Å². The molecule has 0 radical (unpaired) electrons. The number of hydrogen-bond acceptors (Lipinski definition) is 3. The van der Waals surface area contributed by atoms with Gasteiger partial charge in [0.1, 0.15) is 5.75 Å². The average molecular weight is 271 g/mol. The van der Waals surface area contributed by atoms with E-state index in [1.54, 1.807) is 24.4 Å². The Morgan fingerprint density at radius 2 is 2.25 bits per heavy atom. The van der Waals surface area contributed by atoms with Crippen molar-refractivity contribution >= 4 is 5.91 Å². The number of benzene rings is 1. The molecule has 3 rings (SSSR count). The third kappa shape index (κ3) is 2.52. The predicted octanol–water partition coefficient (Wildman–Crippen LogP) is 2.07. The van der Waals surface area contributed by atoms with Crippen LogP contribution in [0.3, 0.4) is 0 Å². The first kappa shape index (κ1) is 12.7. The highest BCUT2D eigenvalue weighted by molar-refractivity contribution is 5.94. The van der Waals surface area contributed by atoms with Gasteiger partial charge in [-0.2, -0.15) is 5.10 Å². The Morgan fingerprint density at radius 3 is 3.00 bits per heavy atom. The Morgan fingerprint density at radius 1 is 1.35 bits per heavy atom. The van der Waals surface area contributed by atoms with Gasteiger partial charge in [-0.3, -0.25) is 9.48 Å². The minimum atomic E-state index is -0.0299. The fraction of sp³-hybridized carbons (Fsp3) is 0.333. The van der Waals surface area contributed by atoms with E-state index < -0.39 is 0 Å². The zero-order chi connectivity index (χ0) is 13.9. The van der Waals surface area contributed by atoms with Crippen molar-refractivity contribution in [2.75, 3.05) is 13.1 Å². The van der Waals surface area contributed by atoms with Crippen LogP contribution in [0.4, 0.5) is 0 Å². The third-order valence-electron chi connectivity index (χ3n) is 3.68. The second kappa shape index (κ2) is 5.36. The predicted molar refractivity (Wildman–Crippen MR) is 74.5 cm³/mol. The Hall–Kier alpha value is -2.30. The molecule has 0 spiro atoms. The largest absolute Gasteiger partial charge is 0.508 e. The van der Waals surface area contributed by atoms with Crippen molar-refractivity contribution in [2.45, 2.75) is 18.9 Å². The summed E-state index contributed by atoms with van der Waals surface area (Å²) in [6, 6.07) is 8.65. The number of carbonyl (C=O) groups excluding carboxylic acids is 1. The van der Waals surface area contributed by atoms with Crippen molar-refractivity contribution in [1.29, 1.82) is 0 Å². The van der Waals surface area contributed by atoms with Gasteiger partial charge in [-0.25, -0.2) is 0 Å². The van der Waals surface area contributed by atoms with E-state index in [0.717, 1.165) is 19.4 Å². The lowest BCUT2D eigenvalue weighted by Crippen LogP contribution is -2.40. The lowest BCUT2D eigenvalue weighted by molar-refractivity contribution is 0.0672. The summed E-state index contributed by atoms with van der Waals surface area (Å²) in [5, 5.41) is 13.7. The summed E-state index contributed by atoms with van der Waals surface area (Å²) in [5.41, 5.74) is 0.533. The lowest BCUT2D eigenvalue weighted by atomic mass is 10.0. The minimum Gasteiger partial charge on any atom is -0.508 e. The monoisotopic (exact) mass is 271 g/mol. The van der Waals surface area contributed by atoms with Crippen LogP contribution in [0, 0.1) is 0 Å². The first-order valence-corrected chi connectivity index (χ1v) is 6.81. The van der Waals surface area contributed by atoms with Crippen LogP contribution in [0.1, 0.15) is 29.2 Å². The molecule has 1 aliphatic heterocycles. The molecule has 0 bridgehead atoms. The van der Waals surface area contributed by atoms with Gasteiger partial charge in [0, 0.05) is 31.0 Å². The molecule has 5 nitrogen and oxygen atoms in total. The third-order valence-corrected chi connectivity index (χ3v) is 3.68. The molecule has 2 heterocycles. The lowest BCUT2D eigenvalue weighted by Gasteiger charge is -2.33. The highest BCUT2D eigenvalue weighted by atomic mass is 16.3. The van der Waals surface area contributed by atoms with E-state index in [2.05, 4.69) is 5.10 Å². The number of piperidine rings is 1. The number of aromatic hydroxyl groups is 1. The maximum Gasteiger partial charge on any atom is 0.254 e. The molecule has 1 unspecified atom stereocenters. The summed E-state index contributed by atoms with van der Waals surface area (Å²) in [4.78, 5) is 14.3. The molecule has 1 aliphatic rings. The van der Waals surface area contributed by atoms with Gasteiger partial charge >= 0.3 is 0 Å². The number of hydrogen-bond donors (Lipinski definition) is 1. The summed E-state index contributed by atoms with van der Waals surface area (Å²) < 4.78 is 1.92. The SMILES string of the molecule is O=C(c1cccc(O)c1)N1CCCC(n2cccn2)C1. The minimum absolute atomic E-state index is 0.0299. The van der Waals surface area contributed by atoms with Crippen LogP contribution in [-0.2, 0) is 0 Å². The summed E-state index contributed by atoms with van der Waals surface area (Å²) in [6.07, 6.45) is 5.70. The summed E-state index contributed by atoms with van der Waals surface area (Å²) in [5.74, 6) is 0.0919. The topological polar surface area (TPSA) is 58.4 Å².